The van der Waals surface area contributed by atoms with Gasteiger partial charge < -0.3 is 34.0 Å². The van der Waals surface area contributed by atoms with Crippen LogP contribution in [0, 0.1) is 56.7 Å². The minimum Gasteiger partial charge on any atom is -0.446 e. The van der Waals surface area contributed by atoms with Gasteiger partial charge in [-0.05, 0) is 111 Å². The maximum Gasteiger partial charge on any atom is 0.410 e. The van der Waals surface area contributed by atoms with E-state index in [0.717, 1.165) is 84.2 Å². The standard InChI is InChI=1S/C40H65N3O6/c1-24(2)31(49-35(46)42-16-9-17-42)26-22-25(3)30-32(47-26)33(44)38(7)28-11-10-27-36(4,5)29(48-34(45)43-20-18-41(8)19-21-43)12-13-39(27)23-40(28,39)15-14-37(30,38)6/h24-33,44H,9-23H2,1-8H3/t25-,26?,27+,28?,29+,30?,31-,32?,33+,37-,38-,39?,40?/m1/s1. The zero-order chi connectivity index (χ0) is 34.9. The third-order valence-corrected chi connectivity index (χ3v) is 17.1. The quantitative estimate of drug-likeness (QED) is 0.366. The van der Waals surface area contributed by atoms with Gasteiger partial charge in [-0.15, -0.1) is 0 Å². The highest BCUT2D eigenvalue weighted by Crippen LogP contribution is 2.89. The highest BCUT2D eigenvalue weighted by atomic mass is 16.6. The molecule has 0 radical (unpaired) electrons. The van der Waals surface area contributed by atoms with Crippen LogP contribution < -0.4 is 0 Å². The molecule has 3 saturated heterocycles. The SMILES string of the molecule is CC(C)[C@@H](OC(=O)N1CCC1)C1C[C@@H](C)C2C(O1)[C@H](O)[C@@]1(C)C3CC[C@H]4C(C)(C)[C@@H](OC(=O)N5CCN(C)CC5)CCC45CC35CC[C@]21C. The number of piperazine rings is 1. The predicted octanol–water partition coefficient (Wildman–Crippen LogP) is 6.42. The third kappa shape index (κ3) is 4.65. The van der Waals surface area contributed by atoms with Crippen molar-refractivity contribution in [3.63, 3.8) is 0 Å². The van der Waals surface area contributed by atoms with Crippen LogP contribution in [0.25, 0.3) is 0 Å². The number of carbonyl (C=O) groups is 2. The summed E-state index contributed by atoms with van der Waals surface area (Å²) in [4.78, 5) is 32.3. The first-order chi connectivity index (χ1) is 23.1. The number of rotatable bonds is 4. The van der Waals surface area contributed by atoms with Crippen LogP contribution in [0.2, 0.25) is 0 Å². The number of nitrogens with zero attached hydrogens (tertiary/aromatic N) is 3. The van der Waals surface area contributed by atoms with Gasteiger partial charge in [0.25, 0.3) is 0 Å². The summed E-state index contributed by atoms with van der Waals surface area (Å²) in [5.74, 6) is 1.77. The van der Waals surface area contributed by atoms with E-state index in [2.05, 4.69) is 60.4 Å². The Labute approximate surface area is 295 Å². The van der Waals surface area contributed by atoms with Crippen molar-refractivity contribution in [3.05, 3.63) is 0 Å². The van der Waals surface area contributed by atoms with Crippen LogP contribution in [0.1, 0.15) is 106 Å². The fraction of sp³-hybridized carbons (Fsp3) is 0.950. The normalized spacial score (nSPS) is 49.0. The summed E-state index contributed by atoms with van der Waals surface area (Å²) < 4.78 is 19.6. The average Bonchev–Trinajstić information content (AvgIpc) is 3.65. The molecular weight excluding hydrogens is 618 g/mol. The van der Waals surface area contributed by atoms with Crippen LogP contribution in [0.4, 0.5) is 9.59 Å². The molecule has 276 valence electrons. The molecule has 1 N–H and O–H groups in total. The summed E-state index contributed by atoms with van der Waals surface area (Å²) in [7, 11) is 2.11. The lowest BCUT2D eigenvalue weighted by atomic mass is 9.41. The van der Waals surface area contributed by atoms with E-state index < -0.39 is 6.10 Å². The zero-order valence-electron chi connectivity index (χ0n) is 31.7. The van der Waals surface area contributed by atoms with Gasteiger partial charge >= 0.3 is 12.2 Å². The molecule has 9 nitrogen and oxygen atoms in total. The van der Waals surface area contributed by atoms with Crippen molar-refractivity contribution in [2.45, 2.75) is 137 Å². The summed E-state index contributed by atoms with van der Waals surface area (Å²) in [5.41, 5.74) is 0.188. The van der Waals surface area contributed by atoms with Gasteiger partial charge in [-0.25, -0.2) is 9.59 Å². The molecule has 2 spiro atoms. The molecule has 3 aliphatic heterocycles. The molecule has 0 aromatic heterocycles. The Hall–Kier alpha value is -1.58. The Morgan fingerprint density at radius 3 is 2.16 bits per heavy atom. The number of ether oxygens (including phenoxy) is 3. The van der Waals surface area contributed by atoms with Crippen LogP contribution in [0.3, 0.4) is 0 Å². The molecule has 9 heteroatoms. The minimum absolute atomic E-state index is 0.0135. The highest BCUT2D eigenvalue weighted by Gasteiger charge is 2.84. The smallest absolute Gasteiger partial charge is 0.410 e. The summed E-state index contributed by atoms with van der Waals surface area (Å²) >= 11 is 0. The van der Waals surface area contributed by atoms with E-state index in [4.69, 9.17) is 14.2 Å². The van der Waals surface area contributed by atoms with Crippen LogP contribution >= 0.6 is 0 Å². The van der Waals surface area contributed by atoms with Crippen LogP contribution in [0.15, 0.2) is 0 Å². The van der Waals surface area contributed by atoms with E-state index in [9.17, 15) is 14.7 Å². The van der Waals surface area contributed by atoms with Gasteiger partial charge in [-0.3, -0.25) is 0 Å². The molecule has 2 amide bonds. The van der Waals surface area contributed by atoms with Gasteiger partial charge in [0, 0.05) is 50.1 Å². The number of aliphatic hydroxyl groups excluding tert-OH is 1. The van der Waals surface area contributed by atoms with Crippen LogP contribution in [0.5, 0.6) is 0 Å². The molecule has 8 fully saturated rings. The van der Waals surface area contributed by atoms with Crippen LogP contribution in [-0.2, 0) is 14.2 Å². The summed E-state index contributed by atoms with van der Waals surface area (Å²) in [6.07, 6.45) is 8.15. The van der Waals surface area contributed by atoms with Crippen molar-refractivity contribution < 1.29 is 28.9 Å². The highest BCUT2D eigenvalue weighted by molar-refractivity contribution is 5.69. The lowest BCUT2D eigenvalue weighted by Gasteiger charge is -2.63. The Morgan fingerprint density at radius 1 is 0.857 bits per heavy atom. The van der Waals surface area contributed by atoms with Gasteiger partial charge in [0.2, 0.25) is 0 Å². The number of fused-ring (bicyclic) bond motifs is 4. The molecule has 49 heavy (non-hydrogen) atoms. The van der Waals surface area contributed by atoms with E-state index >= 15 is 0 Å². The molecule has 0 aromatic carbocycles. The number of carbonyl (C=O) groups excluding carboxylic acids is 2. The van der Waals surface area contributed by atoms with Gasteiger partial charge in [-0.1, -0.05) is 48.5 Å². The van der Waals surface area contributed by atoms with Crippen molar-refractivity contribution in [1.29, 1.82) is 0 Å². The fourth-order valence-electron chi connectivity index (χ4n) is 14.3. The average molecular weight is 684 g/mol. The Kier molecular flexibility index (Phi) is 8.07. The lowest BCUT2D eigenvalue weighted by molar-refractivity contribution is -0.185. The lowest BCUT2D eigenvalue weighted by Crippen LogP contribution is -2.60. The topological polar surface area (TPSA) is 91.8 Å². The van der Waals surface area contributed by atoms with E-state index in [1.165, 1.54) is 12.8 Å². The van der Waals surface area contributed by atoms with Gasteiger partial charge in [-0.2, -0.15) is 0 Å². The van der Waals surface area contributed by atoms with E-state index in [-0.39, 0.29) is 75.5 Å². The number of hydrogen-bond donors (Lipinski definition) is 1. The van der Waals surface area contributed by atoms with Crippen LogP contribution in [-0.4, -0.2) is 109 Å². The molecule has 8 aliphatic rings. The molecule has 8 rings (SSSR count). The fourth-order valence-corrected chi connectivity index (χ4v) is 14.3. The first kappa shape index (κ1) is 34.5. The number of hydrogen-bond acceptors (Lipinski definition) is 7. The predicted molar refractivity (Wildman–Crippen MR) is 187 cm³/mol. The maximum absolute atomic E-state index is 13.3. The molecule has 0 bridgehead atoms. The van der Waals surface area contributed by atoms with Crippen molar-refractivity contribution in [3.8, 4) is 0 Å². The molecule has 13 atom stereocenters. The van der Waals surface area contributed by atoms with Crippen molar-refractivity contribution >= 4 is 12.2 Å². The van der Waals surface area contributed by atoms with Crippen molar-refractivity contribution in [2.24, 2.45) is 56.7 Å². The summed E-state index contributed by atoms with van der Waals surface area (Å²) in [6.45, 7) is 21.2. The second-order valence-corrected chi connectivity index (χ2v) is 19.7. The number of likely N-dealkylation sites (N-methyl/N-ethyl adjacent to an activating group) is 1. The molecule has 6 unspecified atom stereocenters. The first-order valence-electron chi connectivity index (χ1n) is 20.0. The number of aliphatic hydroxyl groups is 1. The third-order valence-electron chi connectivity index (χ3n) is 17.1. The largest absolute Gasteiger partial charge is 0.446 e. The molecule has 5 aliphatic carbocycles. The van der Waals surface area contributed by atoms with Gasteiger partial charge in [0.05, 0.1) is 18.3 Å². The Bertz CT molecular complexity index is 1330. The van der Waals surface area contributed by atoms with Crippen molar-refractivity contribution in [2.75, 3.05) is 46.3 Å². The summed E-state index contributed by atoms with van der Waals surface area (Å²) in [6, 6.07) is 0. The monoisotopic (exact) mass is 683 g/mol. The van der Waals surface area contributed by atoms with E-state index in [1.807, 2.05) is 4.90 Å². The van der Waals surface area contributed by atoms with Gasteiger partial charge in [0.15, 0.2) is 0 Å². The molecular formula is C40H65N3O6. The Morgan fingerprint density at radius 2 is 1.51 bits per heavy atom. The number of likely N-dealkylation sites (tertiary alicyclic amines) is 1. The zero-order valence-corrected chi connectivity index (χ0v) is 31.7. The minimum atomic E-state index is -0.545. The molecule has 3 heterocycles. The van der Waals surface area contributed by atoms with Crippen molar-refractivity contribution in [1.82, 2.24) is 14.7 Å². The van der Waals surface area contributed by atoms with E-state index in [1.54, 1.807) is 4.90 Å². The maximum atomic E-state index is 13.3. The molecule has 0 aromatic rings. The van der Waals surface area contributed by atoms with E-state index in [0.29, 0.717) is 17.8 Å². The Balaban J connectivity index is 1.02. The van der Waals surface area contributed by atoms with Gasteiger partial charge in [0.1, 0.15) is 12.2 Å². The second kappa shape index (κ2) is 11.5. The summed E-state index contributed by atoms with van der Waals surface area (Å²) in [5, 5.41) is 12.7. The number of amides is 2. The first-order valence-corrected chi connectivity index (χ1v) is 20.0. The molecule has 5 saturated carbocycles. The second-order valence-electron chi connectivity index (χ2n) is 19.7.